The van der Waals surface area contributed by atoms with E-state index >= 15 is 0 Å². The van der Waals surface area contributed by atoms with E-state index in [-0.39, 0.29) is 11.9 Å². The molecule has 0 aliphatic heterocycles. The van der Waals surface area contributed by atoms with Crippen LogP contribution in [0, 0.1) is 5.92 Å². The molecule has 0 saturated heterocycles. The minimum Gasteiger partial charge on any atom is -0.354 e. The molecule has 4 heteroatoms. The van der Waals surface area contributed by atoms with Crippen molar-refractivity contribution in [1.82, 2.24) is 10.3 Å². The Morgan fingerprint density at radius 2 is 2.06 bits per heavy atom. The van der Waals surface area contributed by atoms with Crippen molar-refractivity contribution < 1.29 is 4.79 Å². The summed E-state index contributed by atoms with van der Waals surface area (Å²) in [5.74, 6) is 0.378. The van der Waals surface area contributed by atoms with E-state index in [2.05, 4.69) is 10.3 Å². The average molecular weight is 221 g/mol. The van der Waals surface area contributed by atoms with Gasteiger partial charge in [0.25, 0.3) is 0 Å². The van der Waals surface area contributed by atoms with Crippen LogP contribution in [0.25, 0.3) is 0 Å². The summed E-state index contributed by atoms with van der Waals surface area (Å²) < 4.78 is 0. The lowest BCUT2D eigenvalue weighted by molar-refractivity contribution is -0.120. The van der Waals surface area contributed by atoms with Crippen molar-refractivity contribution in [2.45, 2.75) is 26.3 Å². The molecule has 0 radical (unpaired) electrons. The number of nitrogens with two attached hydrogens (primary N) is 1. The molecule has 1 unspecified atom stereocenters. The zero-order valence-electron chi connectivity index (χ0n) is 9.81. The number of nitrogens with zero attached hydrogens (tertiary/aromatic N) is 1. The minimum atomic E-state index is 0.00213. The average Bonchev–Trinajstić information content (AvgIpc) is 2.27. The summed E-state index contributed by atoms with van der Waals surface area (Å²) >= 11 is 0. The van der Waals surface area contributed by atoms with Gasteiger partial charge in [0, 0.05) is 25.0 Å². The van der Waals surface area contributed by atoms with E-state index in [0.29, 0.717) is 18.9 Å². The number of pyridine rings is 1. The monoisotopic (exact) mass is 221 g/mol. The molecule has 1 heterocycles. The van der Waals surface area contributed by atoms with E-state index in [1.165, 1.54) is 0 Å². The molecule has 16 heavy (non-hydrogen) atoms. The number of rotatable bonds is 5. The molecule has 1 amide bonds. The van der Waals surface area contributed by atoms with Gasteiger partial charge in [0.2, 0.25) is 5.91 Å². The van der Waals surface area contributed by atoms with E-state index in [1.54, 1.807) is 12.4 Å². The lowest BCUT2D eigenvalue weighted by atomic mass is 10.1. The number of hydrogen-bond acceptors (Lipinski definition) is 3. The predicted octanol–water partition coefficient (Wildman–Crippen LogP) is 0.724. The van der Waals surface area contributed by atoms with E-state index in [1.807, 2.05) is 26.0 Å². The van der Waals surface area contributed by atoms with Gasteiger partial charge >= 0.3 is 0 Å². The summed E-state index contributed by atoms with van der Waals surface area (Å²) in [5, 5.41) is 2.83. The van der Waals surface area contributed by atoms with Crippen LogP contribution in [0.3, 0.4) is 0 Å². The van der Waals surface area contributed by atoms with Crippen molar-refractivity contribution in [2.24, 2.45) is 11.7 Å². The number of hydrogen-bond donors (Lipinski definition) is 2. The maximum absolute atomic E-state index is 11.6. The van der Waals surface area contributed by atoms with Gasteiger partial charge in [-0.25, -0.2) is 0 Å². The molecule has 0 aromatic carbocycles. The third kappa shape index (κ3) is 4.40. The van der Waals surface area contributed by atoms with Gasteiger partial charge in [-0.05, 0) is 23.6 Å². The van der Waals surface area contributed by atoms with Crippen LogP contribution in [-0.2, 0) is 11.2 Å². The van der Waals surface area contributed by atoms with Gasteiger partial charge in [0.1, 0.15) is 0 Å². The van der Waals surface area contributed by atoms with Gasteiger partial charge in [0.05, 0.1) is 6.42 Å². The highest BCUT2D eigenvalue weighted by Gasteiger charge is 2.09. The van der Waals surface area contributed by atoms with Crippen LogP contribution < -0.4 is 11.1 Å². The zero-order chi connectivity index (χ0) is 12.0. The number of carbonyl (C=O) groups excluding carboxylic acids is 1. The molecule has 1 aromatic heterocycles. The Morgan fingerprint density at radius 1 is 1.44 bits per heavy atom. The van der Waals surface area contributed by atoms with Gasteiger partial charge < -0.3 is 11.1 Å². The third-order valence-corrected chi connectivity index (χ3v) is 2.51. The van der Waals surface area contributed by atoms with Crippen LogP contribution in [0.2, 0.25) is 0 Å². The van der Waals surface area contributed by atoms with Crippen molar-refractivity contribution in [3.8, 4) is 0 Å². The standard InChI is InChI=1S/C12H19N3O/c1-9(2)11(13)8-15-12(16)7-10-3-5-14-6-4-10/h3-6,9,11H,7-8,13H2,1-2H3,(H,15,16). The fourth-order valence-corrected chi connectivity index (χ4v) is 1.22. The lowest BCUT2D eigenvalue weighted by Crippen LogP contribution is -2.40. The van der Waals surface area contributed by atoms with Gasteiger partial charge in [0.15, 0.2) is 0 Å². The summed E-state index contributed by atoms with van der Waals surface area (Å²) in [6.45, 7) is 4.61. The first-order valence-corrected chi connectivity index (χ1v) is 5.50. The van der Waals surface area contributed by atoms with E-state index in [9.17, 15) is 4.79 Å². The fourth-order valence-electron chi connectivity index (χ4n) is 1.22. The smallest absolute Gasteiger partial charge is 0.224 e. The van der Waals surface area contributed by atoms with Crippen molar-refractivity contribution in [1.29, 1.82) is 0 Å². The Balaban J connectivity index is 2.32. The molecular formula is C12H19N3O. The third-order valence-electron chi connectivity index (χ3n) is 2.51. The van der Waals surface area contributed by atoms with E-state index in [4.69, 9.17) is 5.73 Å². The molecule has 3 N–H and O–H groups in total. The fraction of sp³-hybridized carbons (Fsp3) is 0.500. The molecule has 0 saturated carbocycles. The molecule has 1 rings (SSSR count). The van der Waals surface area contributed by atoms with Crippen LogP contribution in [0.1, 0.15) is 19.4 Å². The summed E-state index contributed by atoms with van der Waals surface area (Å²) in [5.41, 5.74) is 6.80. The molecule has 0 fully saturated rings. The molecule has 0 aliphatic carbocycles. The largest absolute Gasteiger partial charge is 0.354 e. The summed E-state index contributed by atoms with van der Waals surface area (Å²) in [6.07, 6.45) is 3.75. The molecule has 1 atom stereocenters. The Morgan fingerprint density at radius 3 is 2.62 bits per heavy atom. The van der Waals surface area contributed by atoms with E-state index < -0.39 is 0 Å². The maximum atomic E-state index is 11.6. The van der Waals surface area contributed by atoms with Crippen LogP contribution in [0.5, 0.6) is 0 Å². The first kappa shape index (κ1) is 12.6. The van der Waals surface area contributed by atoms with Gasteiger partial charge in [-0.15, -0.1) is 0 Å². The number of carbonyl (C=O) groups is 1. The topological polar surface area (TPSA) is 68.0 Å². The van der Waals surface area contributed by atoms with Crippen molar-refractivity contribution >= 4 is 5.91 Å². The second-order valence-corrected chi connectivity index (χ2v) is 4.24. The Bertz CT molecular complexity index is 324. The minimum absolute atomic E-state index is 0.00213. The highest BCUT2D eigenvalue weighted by atomic mass is 16.1. The number of nitrogens with one attached hydrogen (secondary N) is 1. The van der Waals surface area contributed by atoms with Crippen LogP contribution in [0.4, 0.5) is 0 Å². The Hall–Kier alpha value is -1.42. The highest BCUT2D eigenvalue weighted by Crippen LogP contribution is 1.99. The summed E-state index contributed by atoms with van der Waals surface area (Å²) in [7, 11) is 0. The lowest BCUT2D eigenvalue weighted by Gasteiger charge is -2.16. The molecule has 0 aliphatic rings. The van der Waals surface area contributed by atoms with Gasteiger partial charge in [-0.3, -0.25) is 9.78 Å². The van der Waals surface area contributed by atoms with Crippen molar-refractivity contribution in [3.05, 3.63) is 30.1 Å². The quantitative estimate of drug-likeness (QED) is 0.770. The van der Waals surface area contributed by atoms with Crippen molar-refractivity contribution in [2.75, 3.05) is 6.54 Å². The van der Waals surface area contributed by atoms with Crippen LogP contribution in [0.15, 0.2) is 24.5 Å². The Labute approximate surface area is 96.3 Å². The van der Waals surface area contributed by atoms with Crippen LogP contribution >= 0.6 is 0 Å². The number of amides is 1. The second kappa shape index (κ2) is 6.23. The number of aromatic nitrogens is 1. The molecular weight excluding hydrogens is 202 g/mol. The van der Waals surface area contributed by atoms with E-state index in [0.717, 1.165) is 5.56 Å². The Kier molecular flexibility index (Phi) is 4.92. The molecule has 1 aromatic rings. The first-order valence-electron chi connectivity index (χ1n) is 5.50. The molecule has 4 nitrogen and oxygen atoms in total. The zero-order valence-corrected chi connectivity index (χ0v) is 9.81. The van der Waals surface area contributed by atoms with Crippen LogP contribution in [-0.4, -0.2) is 23.5 Å². The van der Waals surface area contributed by atoms with Gasteiger partial charge in [-0.2, -0.15) is 0 Å². The first-order chi connectivity index (χ1) is 7.59. The maximum Gasteiger partial charge on any atom is 0.224 e. The molecule has 88 valence electrons. The normalized spacial score (nSPS) is 12.5. The highest BCUT2D eigenvalue weighted by molar-refractivity contribution is 5.78. The second-order valence-electron chi connectivity index (χ2n) is 4.24. The molecule has 0 bridgehead atoms. The summed E-state index contributed by atoms with van der Waals surface area (Å²) in [4.78, 5) is 15.5. The van der Waals surface area contributed by atoms with Crippen molar-refractivity contribution in [3.63, 3.8) is 0 Å². The van der Waals surface area contributed by atoms with Gasteiger partial charge in [-0.1, -0.05) is 13.8 Å². The summed E-state index contributed by atoms with van der Waals surface area (Å²) in [6, 6.07) is 3.69. The molecule has 0 spiro atoms. The predicted molar refractivity (Wildman–Crippen MR) is 63.8 cm³/mol. The SMILES string of the molecule is CC(C)C(N)CNC(=O)Cc1ccncc1.